The Labute approximate surface area is 139 Å². The minimum Gasteiger partial charge on any atom is -0.494 e. The van der Waals surface area contributed by atoms with Gasteiger partial charge in [0.05, 0.1) is 32.9 Å². The molecule has 0 saturated heterocycles. The Hall–Kier alpha value is -2.25. The van der Waals surface area contributed by atoms with Gasteiger partial charge >= 0.3 is 0 Å². The second kappa shape index (κ2) is 7.34. The molecule has 3 N–H and O–H groups in total. The standard InChI is InChI=1S/C16H20N4O2S/c1-11-5-4-6-12(9-11)20-15(22)13(14(21)18-16(20)23)10-17-7-8-19(2)3/h4-6,9-10,22H,7-8H2,1-3H3,(H,18,21,23)/p+1. The van der Waals surface area contributed by atoms with Gasteiger partial charge in [-0.05, 0) is 36.8 Å². The summed E-state index contributed by atoms with van der Waals surface area (Å²) in [4.78, 5) is 20.1. The lowest BCUT2D eigenvalue weighted by atomic mass is 10.2. The van der Waals surface area contributed by atoms with Crippen LogP contribution < -0.4 is 10.5 Å². The Morgan fingerprint density at radius 1 is 1.43 bits per heavy atom. The largest absolute Gasteiger partial charge is 0.494 e. The van der Waals surface area contributed by atoms with Crippen LogP contribution >= 0.6 is 12.2 Å². The summed E-state index contributed by atoms with van der Waals surface area (Å²) in [5.74, 6) is -0.203. The fourth-order valence-electron chi connectivity index (χ4n) is 2.11. The number of aromatic hydroxyl groups is 1. The van der Waals surface area contributed by atoms with Gasteiger partial charge in [0.2, 0.25) is 5.88 Å². The average molecular weight is 333 g/mol. The molecule has 23 heavy (non-hydrogen) atoms. The number of aryl methyl sites for hydroxylation is 1. The molecule has 0 aliphatic carbocycles. The fourth-order valence-corrected chi connectivity index (χ4v) is 2.39. The van der Waals surface area contributed by atoms with Crippen LogP contribution in [0.4, 0.5) is 0 Å². The Bertz CT molecular complexity index is 837. The number of nitrogens with zero attached hydrogens (tertiary/aromatic N) is 2. The Balaban J connectivity index is 2.48. The molecule has 0 atom stereocenters. The van der Waals surface area contributed by atoms with E-state index in [4.69, 9.17) is 12.2 Å². The van der Waals surface area contributed by atoms with Gasteiger partial charge in [-0.3, -0.25) is 19.3 Å². The molecular weight excluding hydrogens is 312 g/mol. The van der Waals surface area contributed by atoms with Crippen molar-refractivity contribution in [2.75, 3.05) is 27.2 Å². The molecule has 0 aliphatic heterocycles. The van der Waals surface area contributed by atoms with Crippen LogP contribution in [0.3, 0.4) is 0 Å². The highest BCUT2D eigenvalue weighted by molar-refractivity contribution is 7.71. The molecule has 1 heterocycles. The third-order valence-electron chi connectivity index (χ3n) is 3.34. The van der Waals surface area contributed by atoms with Crippen molar-refractivity contribution in [2.45, 2.75) is 6.92 Å². The van der Waals surface area contributed by atoms with E-state index in [0.29, 0.717) is 12.2 Å². The summed E-state index contributed by atoms with van der Waals surface area (Å²) in [5, 5.41) is 10.5. The van der Waals surface area contributed by atoms with Crippen LogP contribution in [0.1, 0.15) is 11.1 Å². The minimum absolute atomic E-state index is 0.105. The van der Waals surface area contributed by atoms with E-state index in [2.05, 4.69) is 9.98 Å². The van der Waals surface area contributed by atoms with Crippen molar-refractivity contribution in [1.29, 1.82) is 0 Å². The Morgan fingerprint density at radius 2 is 2.17 bits per heavy atom. The molecule has 6 nitrogen and oxygen atoms in total. The number of likely N-dealkylation sites (N-methyl/N-ethyl adjacent to an activating group) is 1. The molecule has 0 spiro atoms. The van der Waals surface area contributed by atoms with Crippen LogP contribution in [-0.4, -0.2) is 48.1 Å². The van der Waals surface area contributed by atoms with Crippen molar-refractivity contribution in [3.8, 4) is 11.6 Å². The number of aromatic amines is 1. The van der Waals surface area contributed by atoms with Gasteiger partial charge in [-0.2, -0.15) is 0 Å². The van der Waals surface area contributed by atoms with Gasteiger partial charge < -0.3 is 10.0 Å². The van der Waals surface area contributed by atoms with Crippen molar-refractivity contribution < 1.29 is 10.0 Å². The van der Waals surface area contributed by atoms with Gasteiger partial charge in [0.1, 0.15) is 5.56 Å². The smallest absolute Gasteiger partial charge is 0.264 e. The lowest BCUT2D eigenvalue weighted by molar-refractivity contribution is -0.856. The Kier molecular flexibility index (Phi) is 5.46. The van der Waals surface area contributed by atoms with Gasteiger partial charge in [0.25, 0.3) is 5.56 Å². The first kappa shape index (κ1) is 17.1. The highest BCUT2D eigenvalue weighted by Gasteiger charge is 2.12. The van der Waals surface area contributed by atoms with E-state index in [1.807, 2.05) is 45.3 Å². The van der Waals surface area contributed by atoms with Gasteiger partial charge in [-0.15, -0.1) is 0 Å². The number of H-pyrrole nitrogens is 1. The first-order chi connectivity index (χ1) is 10.9. The van der Waals surface area contributed by atoms with Gasteiger partial charge in [-0.1, -0.05) is 12.1 Å². The topological polar surface area (TPSA) is 74.8 Å². The van der Waals surface area contributed by atoms with E-state index >= 15 is 0 Å². The van der Waals surface area contributed by atoms with Crippen molar-refractivity contribution in [2.24, 2.45) is 4.99 Å². The van der Waals surface area contributed by atoms with Crippen LogP contribution in [0, 0.1) is 11.7 Å². The van der Waals surface area contributed by atoms with E-state index in [1.54, 1.807) is 0 Å². The SMILES string of the molecule is Cc1cccc(-n2c(O)c(C=NCC[NH+](C)C)c(=O)[nH]c2=S)c1. The molecule has 0 fully saturated rings. The van der Waals surface area contributed by atoms with Gasteiger partial charge in [-0.25, -0.2) is 0 Å². The summed E-state index contributed by atoms with van der Waals surface area (Å²) in [5.41, 5.74) is 1.38. The van der Waals surface area contributed by atoms with Crippen molar-refractivity contribution in [1.82, 2.24) is 9.55 Å². The third kappa shape index (κ3) is 4.14. The van der Waals surface area contributed by atoms with Crippen LogP contribution in [0.5, 0.6) is 5.88 Å². The minimum atomic E-state index is -0.447. The first-order valence-electron chi connectivity index (χ1n) is 7.34. The molecule has 0 bridgehead atoms. The normalized spacial score (nSPS) is 11.5. The van der Waals surface area contributed by atoms with Crippen LogP contribution in [-0.2, 0) is 0 Å². The van der Waals surface area contributed by atoms with E-state index in [1.165, 1.54) is 15.7 Å². The molecule has 0 saturated carbocycles. The van der Waals surface area contributed by atoms with Crippen LogP contribution in [0.2, 0.25) is 0 Å². The van der Waals surface area contributed by atoms with Crippen molar-refractivity contribution in [3.05, 3.63) is 50.5 Å². The van der Waals surface area contributed by atoms with E-state index in [-0.39, 0.29) is 16.2 Å². The molecule has 0 amide bonds. The maximum absolute atomic E-state index is 12.0. The van der Waals surface area contributed by atoms with Gasteiger partial charge in [0.15, 0.2) is 4.77 Å². The second-order valence-electron chi connectivity index (χ2n) is 5.66. The third-order valence-corrected chi connectivity index (χ3v) is 3.63. The fraction of sp³-hybridized carbons (Fsp3) is 0.312. The second-order valence-corrected chi connectivity index (χ2v) is 6.05. The molecule has 2 aromatic rings. The van der Waals surface area contributed by atoms with Crippen molar-refractivity contribution in [3.63, 3.8) is 0 Å². The molecule has 122 valence electrons. The number of nitrogens with one attached hydrogen (secondary N) is 2. The molecule has 0 radical (unpaired) electrons. The molecule has 0 unspecified atom stereocenters. The maximum atomic E-state index is 12.0. The molecule has 1 aromatic heterocycles. The highest BCUT2D eigenvalue weighted by atomic mass is 32.1. The summed E-state index contributed by atoms with van der Waals surface area (Å²) in [7, 11) is 4.05. The molecule has 7 heteroatoms. The Morgan fingerprint density at radius 3 is 2.83 bits per heavy atom. The molecule has 0 aliphatic rings. The zero-order valence-corrected chi connectivity index (χ0v) is 14.3. The van der Waals surface area contributed by atoms with Crippen molar-refractivity contribution >= 4 is 18.4 Å². The predicted molar refractivity (Wildman–Crippen MR) is 93.8 cm³/mol. The number of aliphatic imine (C=N–C) groups is 1. The summed E-state index contributed by atoms with van der Waals surface area (Å²) < 4.78 is 1.58. The summed E-state index contributed by atoms with van der Waals surface area (Å²) in [6, 6.07) is 7.51. The summed E-state index contributed by atoms with van der Waals surface area (Å²) >= 11 is 5.18. The molecular formula is C16H21N4O2S+. The van der Waals surface area contributed by atoms with Gasteiger partial charge in [0, 0.05) is 6.21 Å². The van der Waals surface area contributed by atoms with E-state index < -0.39 is 5.56 Å². The molecule has 2 rings (SSSR count). The van der Waals surface area contributed by atoms with E-state index in [0.717, 1.165) is 12.1 Å². The number of hydrogen-bond donors (Lipinski definition) is 3. The lowest BCUT2D eigenvalue weighted by Gasteiger charge is -2.11. The number of hydrogen-bond acceptors (Lipinski definition) is 4. The molecule has 1 aromatic carbocycles. The zero-order chi connectivity index (χ0) is 17.0. The number of rotatable bonds is 5. The summed E-state index contributed by atoms with van der Waals surface area (Å²) in [6.07, 6.45) is 1.40. The zero-order valence-electron chi connectivity index (χ0n) is 13.5. The lowest BCUT2D eigenvalue weighted by Crippen LogP contribution is -3.06. The van der Waals surface area contributed by atoms with Crippen LogP contribution in [0.25, 0.3) is 5.69 Å². The predicted octanol–water partition coefficient (Wildman–Crippen LogP) is 0.473. The number of aromatic nitrogens is 2. The van der Waals surface area contributed by atoms with E-state index in [9.17, 15) is 9.90 Å². The number of benzene rings is 1. The average Bonchev–Trinajstić information content (AvgIpc) is 2.45. The summed E-state index contributed by atoms with van der Waals surface area (Å²) in [6.45, 7) is 3.36. The monoisotopic (exact) mass is 333 g/mol. The quantitative estimate of drug-likeness (QED) is 0.550. The number of quaternary nitrogens is 1. The first-order valence-corrected chi connectivity index (χ1v) is 7.75. The highest BCUT2D eigenvalue weighted by Crippen LogP contribution is 2.19. The maximum Gasteiger partial charge on any atom is 0.264 e. The van der Waals surface area contributed by atoms with Crippen LogP contribution in [0.15, 0.2) is 34.1 Å².